The zero-order valence-electron chi connectivity index (χ0n) is 22.0. The van der Waals surface area contributed by atoms with E-state index in [4.69, 9.17) is 14.2 Å². The van der Waals surface area contributed by atoms with Gasteiger partial charge in [0.05, 0.1) is 19.7 Å². The molecule has 1 amide bonds. The Hall–Kier alpha value is -4.33. The molecule has 1 aromatic heterocycles. The van der Waals surface area contributed by atoms with Gasteiger partial charge in [-0.15, -0.1) is 0 Å². The van der Waals surface area contributed by atoms with Gasteiger partial charge in [-0.25, -0.2) is 9.97 Å². The van der Waals surface area contributed by atoms with Crippen molar-refractivity contribution in [3.8, 4) is 23.0 Å². The smallest absolute Gasteiger partial charge is 0.251 e. The Labute approximate surface area is 217 Å². The normalized spacial score (nSPS) is 11.2. The Bertz CT molecular complexity index is 1430. The topological polar surface area (TPSA) is 94.6 Å². The molecule has 8 heteroatoms. The van der Waals surface area contributed by atoms with E-state index >= 15 is 0 Å². The lowest BCUT2D eigenvalue weighted by Gasteiger charge is -2.18. The second-order valence-corrected chi connectivity index (χ2v) is 9.93. The summed E-state index contributed by atoms with van der Waals surface area (Å²) < 4.78 is 16.9. The Kier molecular flexibility index (Phi) is 7.47. The number of carbonyl (C=O) groups excluding carboxylic acids is 1. The van der Waals surface area contributed by atoms with Crippen molar-refractivity contribution in [1.29, 1.82) is 0 Å². The molecule has 0 atom stereocenters. The zero-order valence-corrected chi connectivity index (χ0v) is 22.0. The van der Waals surface area contributed by atoms with Crippen LogP contribution >= 0.6 is 0 Å². The maximum Gasteiger partial charge on any atom is 0.251 e. The number of ether oxygens (including phenoxy) is 3. The Morgan fingerprint density at radius 3 is 2.38 bits per heavy atom. The quantitative estimate of drug-likeness (QED) is 0.294. The molecule has 192 valence electrons. The summed E-state index contributed by atoms with van der Waals surface area (Å²) in [4.78, 5) is 21.3. The maximum absolute atomic E-state index is 12.6. The van der Waals surface area contributed by atoms with Gasteiger partial charge in [-0.1, -0.05) is 26.8 Å². The number of hydrogen-bond acceptors (Lipinski definition) is 7. The minimum atomic E-state index is -0.122. The number of aryl methyl sites for hydroxylation is 1. The van der Waals surface area contributed by atoms with E-state index in [9.17, 15) is 4.79 Å². The number of methoxy groups -OCH3 is 2. The molecule has 0 fully saturated rings. The predicted octanol–water partition coefficient (Wildman–Crippen LogP) is 6.27. The van der Waals surface area contributed by atoms with Crippen LogP contribution in [0, 0.1) is 12.3 Å². The first-order chi connectivity index (χ1) is 17.7. The third kappa shape index (κ3) is 6.27. The molecule has 0 aliphatic heterocycles. The lowest BCUT2D eigenvalue weighted by molar-refractivity contribution is 0.0939. The fourth-order valence-corrected chi connectivity index (χ4v) is 3.74. The van der Waals surface area contributed by atoms with Crippen LogP contribution in [0.3, 0.4) is 0 Å². The van der Waals surface area contributed by atoms with Crippen LogP contribution in [0.5, 0.6) is 23.0 Å². The average Bonchev–Trinajstić information content (AvgIpc) is 2.88. The molecule has 4 aromatic rings. The maximum atomic E-state index is 12.6. The summed E-state index contributed by atoms with van der Waals surface area (Å²) in [5.74, 6) is 3.01. The standard InChI is InChI=1S/C29H32N4O4/c1-18-12-20(33-27-22-14-25(35-5)26(36-6)15-23(22)31-17-32-27)10-11-24(18)37-21-9-7-8-19(13-21)28(34)30-16-29(2,3)4/h7-15,17H,16H2,1-6H3,(H,30,34)(H,31,32,33). The van der Waals surface area contributed by atoms with E-state index in [-0.39, 0.29) is 11.3 Å². The third-order valence-corrected chi connectivity index (χ3v) is 5.68. The van der Waals surface area contributed by atoms with Crippen molar-refractivity contribution in [2.24, 2.45) is 5.41 Å². The molecule has 0 bridgehead atoms. The summed E-state index contributed by atoms with van der Waals surface area (Å²) in [5, 5.41) is 7.14. The molecular weight excluding hydrogens is 468 g/mol. The fraction of sp³-hybridized carbons (Fsp3) is 0.276. The number of nitrogens with zero attached hydrogens (tertiary/aromatic N) is 2. The monoisotopic (exact) mass is 500 g/mol. The highest BCUT2D eigenvalue weighted by Crippen LogP contribution is 2.35. The molecule has 0 unspecified atom stereocenters. The van der Waals surface area contributed by atoms with Crippen LogP contribution in [-0.4, -0.2) is 36.6 Å². The fourth-order valence-electron chi connectivity index (χ4n) is 3.74. The van der Waals surface area contributed by atoms with Gasteiger partial charge in [-0.2, -0.15) is 0 Å². The van der Waals surface area contributed by atoms with Crippen molar-refractivity contribution in [3.63, 3.8) is 0 Å². The molecule has 8 nitrogen and oxygen atoms in total. The van der Waals surface area contributed by atoms with Gasteiger partial charge in [0.2, 0.25) is 0 Å². The molecule has 0 saturated heterocycles. The Morgan fingerprint density at radius 1 is 0.919 bits per heavy atom. The van der Waals surface area contributed by atoms with E-state index in [1.54, 1.807) is 26.4 Å². The molecule has 0 saturated carbocycles. The number of nitrogens with one attached hydrogen (secondary N) is 2. The largest absolute Gasteiger partial charge is 0.493 e. The number of aromatic nitrogens is 2. The summed E-state index contributed by atoms with van der Waals surface area (Å²) in [6, 6.07) is 16.6. The molecule has 2 N–H and O–H groups in total. The van der Waals surface area contributed by atoms with Crippen LogP contribution in [0.4, 0.5) is 11.5 Å². The molecule has 4 rings (SSSR count). The third-order valence-electron chi connectivity index (χ3n) is 5.68. The summed E-state index contributed by atoms with van der Waals surface area (Å²) in [5.41, 5.74) is 3.06. The number of fused-ring (bicyclic) bond motifs is 1. The van der Waals surface area contributed by atoms with Crippen LogP contribution in [-0.2, 0) is 0 Å². The molecule has 3 aromatic carbocycles. The second kappa shape index (κ2) is 10.7. The van der Waals surface area contributed by atoms with Crippen molar-refractivity contribution in [2.75, 3.05) is 26.1 Å². The van der Waals surface area contributed by atoms with Crippen LogP contribution in [0.1, 0.15) is 36.7 Å². The molecular formula is C29H32N4O4. The van der Waals surface area contributed by atoms with E-state index in [0.29, 0.717) is 40.9 Å². The van der Waals surface area contributed by atoms with Gasteiger partial charge >= 0.3 is 0 Å². The van der Waals surface area contributed by atoms with Crippen molar-refractivity contribution < 1.29 is 19.0 Å². The zero-order chi connectivity index (χ0) is 26.6. The molecule has 37 heavy (non-hydrogen) atoms. The van der Waals surface area contributed by atoms with Crippen LogP contribution in [0.15, 0.2) is 60.9 Å². The SMILES string of the molecule is COc1cc2ncnc(Nc3ccc(Oc4cccc(C(=O)NCC(C)(C)C)c4)c(C)c3)c2cc1OC. The number of rotatable bonds is 8. The molecule has 1 heterocycles. The number of benzene rings is 3. The van der Waals surface area contributed by atoms with Crippen molar-refractivity contribution in [2.45, 2.75) is 27.7 Å². The summed E-state index contributed by atoms with van der Waals surface area (Å²) in [7, 11) is 3.19. The van der Waals surface area contributed by atoms with Crippen molar-refractivity contribution in [1.82, 2.24) is 15.3 Å². The predicted molar refractivity (Wildman–Crippen MR) is 145 cm³/mol. The van der Waals surface area contributed by atoms with Gasteiger partial charge in [0.15, 0.2) is 11.5 Å². The van der Waals surface area contributed by atoms with Crippen molar-refractivity contribution >= 4 is 28.3 Å². The first-order valence-electron chi connectivity index (χ1n) is 12.0. The summed E-state index contributed by atoms with van der Waals surface area (Å²) in [6.45, 7) is 8.79. The molecule has 0 radical (unpaired) electrons. The Morgan fingerprint density at radius 2 is 1.68 bits per heavy atom. The Balaban J connectivity index is 1.52. The van der Waals surface area contributed by atoms with Gasteiger partial charge < -0.3 is 24.8 Å². The van der Waals surface area contributed by atoms with E-state index in [1.807, 2.05) is 49.4 Å². The highest BCUT2D eigenvalue weighted by Gasteiger charge is 2.15. The second-order valence-electron chi connectivity index (χ2n) is 9.93. The van der Waals surface area contributed by atoms with Crippen molar-refractivity contribution in [3.05, 3.63) is 72.1 Å². The van der Waals surface area contributed by atoms with Gasteiger partial charge in [-0.3, -0.25) is 4.79 Å². The number of carbonyl (C=O) groups is 1. The number of amides is 1. The molecule has 0 spiro atoms. The van der Waals surface area contributed by atoms with E-state index in [2.05, 4.69) is 41.4 Å². The highest BCUT2D eigenvalue weighted by atomic mass is 16.5. The number of anilines is 2. The van der Waals surface area contributed by atoms with Gasteiger partial charge in [0, 0.05) is 29.2 Å². The minimum absolute atomic E-state index is 0.00761. The lowest BCUT2D eigenvalue weighted by Crippen LogP contribution is -2.32. The summed E-state index contributed by atoms with van der Waals surface area (Å²) >= 11 is 0. The van der Waals surface area contributed by atoms with Crippen LogP contribution in [0.25, 0.3) is 10.9 Å². The average molecular weight is 501 g/mol. The van der Waals surface area contributed by atoms with Gasteiger partial charge in [0.25, 0.3) is 5.91 Å². The van der Waals surface area contributed by atoms with E-state index < -0.39 is 0 Å². The minimum Gasteiger partial charge on any atom is -0.493 e. The first kappa shape index (κ1) is 25.8. The summed E-state index contributed by atoms with van der Waals surface area (Å²) in [6.07, 6.45) is 1.51. The highest BCUT2D eigenvalue weighted by molar-refractivity contribution is 5.94. The van der Waals surface area contributed by atoms with E-state index in [1.165, 1.54) is 6.33 Å². The molecule has 0 aliphatic carbocycles. The van der Waals surface area contributed by atoms with Crippen LogP contribution < -0.4 is 24.8 Å². The van der Waals surface area contributed by atoms with Crippen LogP contribution in [0.2, 0.25) is 0 Å². The number of hydrogen-bond donors (Lipinski definition) is 2. The van der Waals surface area contributed by atoms with E-state index in [0.717, 1.165) is 22.2 Å². The van der Waals surface area contributed by atoms with Gasteiger partial charge in [-0.05, 0) is 60.4 Å². The molecule has 0 aliphatic rings. The van der Waals surface area contributed by atoms with Gasteiger partial charge in [0.1, 0.15) is 23.6 Å². The first-order valence-corrected chi connectivity index (χ1v) is 12.0. The lowest BCUT2D eigenvalue weighted by atomic mass is 9.97.